The molecule has 7 heteroatoms. The molecule has 6 rings (SSSR count). The standard InChI is InChI=1S/C19H20N4O3/c24-18-10-14-9-13(1-2-15(14)20-18)16-3-4-19(22-21-16)26-17-11-23(25)7-5-12(17)6-8-23/h1-4,9,12,17H,5-8,10-11H2,(H,20,24)/t12?,17-,23?/m0/s1. The SMILES string of the molecule is O=C1Cc2cc(-c3ccc(O[C@H]4C[N+]5([O-])CCC4CC5)nn3)ccc2N1. The Bertz CT molecular complexity index is 860. The highest BCUT2D eigenvalue weighted by atomic mass is 16.6. The predicted molar refractivity (Wildman–Crippen MR) is 95.2 cm³/mol. The van der Waals surface area contributed by atoms with Crippen LogP contribution in [0.15, 0.2) is 30.3 Å². The molecule has 0 saturated carbocycles. The van der Waals surface area contributed by atoms with Gasteiger partial charge in [-0.3, -0.25) is 4.79 Å². The van der Waals surface area contributed by atoms with E-state index in [1.807, 2.05) is 30.3 Å². The van der Waals surface area contributed by atoms with E-state index >= 15 is 0 Å². The summed E-state index contributed by atoms with van der Waals surface area (Å²) in [4.78, 5) is 11.5. The van der Waals surface area contributed by atoms with Gasteiger partial charge in [-0.25, -0.2) is 0 Å². The second-order valence-corrected chi connectivity index (χ2v) is 7.54. The molecule has 3 fully saturated rings. The van der Waals surface area contributed by atoms with Crippen molar-refractivity contribution in [3.63, 3.8) is 0 Å². The van der Waals surface area contributed by atoms with Crippen LogP contribution in [0, 0.1) is 11.1 Å². The average molecular weight is 352 g/mol. The minimum Gasteiger partial charge on any atom is -0.633 e. The van der Waals surface area contributed by atoms with Gasteiger partial charge in [0.1, 0.15) is 6.54 Å². The molecule has 1 N–H and O–H groups in total. The number of amides is 1. The van der Waals surface area contributed by atoms with Crippen molar-refractivity contribution in [1.29, 1.82) is 0 Å². The molecule has 1 atom stereocenters. The number of aromatic nitrogens is 2. The summed E-state index contributed by atoms with van der Waals surface area (Å²) in [5.41, 5.74) is 3.50. The summed E-state index contributed by atoms with van der Waals surface area (Å²) in [6.07, 6.45) is 2.20. The van der Waals surface area contributed by atoms with Crippen LogP contribution in [0.2, 0.25) is 0 Å². The van der Waals surface area contributed by atoms with Crippen LogP contribution < -0.4 is 10.1 Å². The van der Waals surface area contributed by atoms with E-state index in [9.17, 15) is 10.0 Å². The molecule has 0 spiro atoms. The van der Waals surface area contributed by atoms with E-state index in [4.69, 9.17) is 4.74 Å². The molecule has 2 aromatic rings. The van der Waals surface area contributed by atoms with Gasteiger partial charge in [0.25, 0.3) is 0 Å². The molecule has 2 bridgehead atoms. The largest absolute Gasteiger partial charge is 0.633 e. The Morgan fingerprint density at radius 3 is 2.73 bits per heavy atom. The van der Waals surface area contributed by atoms with E-state index in [-0.39, 0.29) is 16.7 Å². The first-order valence-electron chi connectivity index (χ1n) is 9.09. The number of ether oxygens (including phenoxy) is 1. The number of nitrogens with zero attached hydrogens (tertiary/aromatic N) is 3. The first kappa shape index (κ1) is 15.7. The van der Waals surface area contributed by atoms with Crippen molar-refractivity contribution in [2.24, 2.45) is 5.92 Å². The van der Waals surface area contributed by atoms with Crippen LogP contribution in [-0.2, 0) is 11.2 Å². The molecule has 7 nitrogen and oxygen atoms in total. The van der Waals surface area contributed by atoms with E-state index in [1.54, 1.807) is 0 Å². The first-order valence-corrected chi connectivity index (χ1v) is 9.09. The molecule has 4 aliphatic rings. The van der Waals surface area contributed by atoms with Crippen LogP contribution in [0.4, 0.5) is 5.69 Å². The summed E-state index contributed by atoms with van der Waals surface area (Å²) in [6, 6.07) is 9.47. The molecule has 1 amide bonds. The zero-order valence-electron chi connectivity index (χ0n) is 14.4. The van der Waals surface area contributed by atoms with Crippen molar-refractivity contribution < 1.29 is 14.2 Å². The molecule has 26 heavy (non-hydrogen) atoms. The predicted octanol–water partition coefficient (Wildman–Crippen LogP) is 2.12. The smallest absolute Gasteiger partial charge is 0.233 e. The van der Waals surface area contributed by atoms with Crippen molar-refractivity contribution >= 4 is 11.6 Å². The first-order chi connectivity index (χ1) is 12.6. The van der Waals surface area contributed by atoms with Crippen molar-refractivity contribution in [1.82, 2.24) is 10.2 Å². The van der Waals surface area contributed by atoms with Crippen molar-refractivity contribution in [2.45, 2.75) is 25.4 Å². The lowest BCUT2D eigenvalue weighted by atomic mass is 9.85. The van der Waals surface area contributed by atoms with Gasteiger partial charge in [-0.2, -0.15) is 0 Å². The summed E-state index contributed by atoms with van der Waals surface area (Å²) >= 11 is 0. The van der Waals surface area contributed by atoms with Gasteiger partial charge in [-0.1, -0.05) is 6.07 Å². The van der Waals surface area contributed by atoms with Gasteiger partial charge in [0.15, 0.2) is 6.10 Å². The number of benzene rings is 1. The zero-order chi connectivity index (χ0) is 17.7. The van der Waals surface area contributed by atoms with Gasteiger partial charge in [-0.15, -0.1) is 10.2 Å². The van der Waals surface area contributed by atoms with Crippen LogP contribution >= 0.6 is 0 Å². The molecule has 0 unspecified atom stereocenters. The maximum absolute atomic E-state index is 12.5. The van der Waals surface area contributed by atoms with E-state index in [2.05, 4.69) is 15.5 Å². The highest BCUT2D eigenvalue weighted by Gasteiger charge is 2.42. The van der Waals surface area contributed by atoms with Crippen LogP contribution in [0.5, 0.6) is 5.88 Å². The average Bonchev–Trinajstić information content (AvgIpc) is 3.01. The van der Waals surface area contributed by atoms with Crippen molar-refractivity contribution in [3.8, 4) is 17.1 Å². The van der Waals surface area contributed by atoms with Crippen LogP contribution in [-0.4, -0.2) is 46.5 Å². The van der Waals surface area contributed by atoms with Crippen LogP contribution in [0.1, 0.15) is 18.4 Å². The number of fused-ring (bicyclic) bond motifs is 4. The number of quaternary nitrogens is 1. The maximum atomic E-state index is 12.5. The summed E-state index contributed by atoms with van der Waals surface area (Å²) in [6.45, 7) is 1.94. The Labute approximate surface area is 151 Å². The quantitative estimate of drug-likeness (QED) is 0.675. The van der Waals surface area contributed by atoms with Crippen LogP contribution in [0.3, 0.4) is 0 Å². The normalized spacial score (nSPS) is 29.3. The molecule has 3 saturated heterocycles. The summed E-state index contributed by atoms with van der Waals surface area (Å²) < 4.78 is 5.86. The lowest BCUT2D eigenvalue weighted by molar-refractivity contribution is -0.900. The number of carbonyl (C=O) groups excluding carboxylic acids is 1. The summed E-state index contributed by atoms with van der Waals surface area (Å²) in [5, 5.41) is 23.8. The van der Waals surface area contributed by atoms with E-state index < -0.39 is 0 Å². The molecule has 1 aromatic carbocycles. The fourth-order valence-electron chi connectivity index (χ4n) is 4.30. The van der Waals surface area contributed by atoms with E-state index in [0.29, 0.717) is 37.9 Å². The molecular formula is C19H20N4O3. The third kappa shape index (κ3) is 2.73. The molecule has 134 valence electrons. The number of piperidine rings is 3. The number of nitrogens with one attached hydrogen (secondary N) is 1. The number of hydrogen-bond acceptors (Lipinski definition) is 5. The number of carbonyl (C=O) groups is 1. The molecule has 4 aliphatic heterocycles. The maximum Gasteiger partial charge on any atom is 0.233 e. The Kier molecular flexibility index (Phi) is 3.48. The second kappa shape index (κ2) is 5.75. The summed E-state index contributed by atoms with van der Waals surface area (Å²) in [7, 11) is 0. The van der Waals surface area contributed by atoms with Crippen molar-refractivity contribution in [2.75, 3.05) is 25.0 Å². The number of anilines is 1. The molecule has 0 radical (unpaired) electrons. The van der Waals surface area contributed by atoms with E-state index in [0.717, 1.165) is 35.3 Å². The Hall–Kier alpha value is -2.51. The molecule has 1 aromatic heterocycles. The van der Waals surface area contributed by atoms with Gasteiger partial charge in [0.2, 0.25) is 11.8 Å². The van der Waals surface area contributed by atoms with Crippen molar-refractivity contribution in [3.05, 3.63) is 41.1 Å². The topological polar surface area (TPSA) is 87.2 Å². The monoisotopic (exact) mass is 352 g/mol. The lowest BCUT2D eigenvalue weighted by Gasteiger charge is -2.54. The molecule has 0 aliphatic carbocycles. The van der Waals surface area contributed by atoms with Gasteiger partial charge in [0, 0.05) is 36.1 Å². The Morgan fingerprint density at radius 2 is 2.00 bits per heavy atom. The third-order valence-corrected chi connectivity index (χ3v) is 5.79. The number of hydrogen-bond donors (Lipinski definition) is 1. The molecular weight excluding hydrogens is 332 g/mol. The van der Waals surface area contributed by atoms with Gasteiger partial charge in [-0.05, 0) is 23.8 Å². The Morgan fingerprint density at radius 1 is 1.15 bits per heavy atom. The summed E-state index contributed by atoms with van der Waals surface area (Å²) in [5.74, 6) is 0.938. The third-order valence-electron chi connectivity index (χ3n) is 5.79. The van der Waals surface area contributed by atoms with Crippen LogP contribution in [0.25, 0.3) is 11.3 Å². The number of hydroxylamine groups is 3. The zero-order valence-corrected chi connectivity index (χ0v) is 14.4. The molecule has 5 heterocycles. The van der Waals surface area contributed by atoms with Gasteiger partial charge >= 0.3 is 0 Å². The highest BCUT2D eigenvalue weighted by Crippen LogP contribution is 2.35. The van der Waals surface area contributed by atoms with Gasteiger partial charge < -0.3 is 19.9 Å². The fraction of sp³-hybridized carbons (Fsp3) is 0.421. The fourth-order valence-corrected chi connectivity index (χ4v) is 4.30. The Balaban J connectivity index is 1.32. The minimum absolute atomic E-state index is 0.0170. The lowest BCUT2D eigenvalue weighted by Crippen LogP contribution is -2.61. The minimum atomic E-state index is -0.130. The highest BCUT2D eigenvalue weighted by molar-refractivity contribution is 5.99. The van der Waals surface area contributed by atoms with Gasteiger partial charge in [0.05, 0.1) is 25.2 Å². The second-order valence-electron chi connectivity index (χ2n) is 7.54. The van der Waals surface area contributed by atoms with E-state index in [1.165, 1.54) is 0 Å². The number of rotatable bonds is 3.